The van der Waals surface area contributed by atoms with Gasteiger partial charge in [0.25, 0.3) is 11.8 Å². The van der Waals surface area contributed by atoms with E-state index < -0.39 is 17.8 Å². The molecule has 0 bridgehead atoms. The van der Waals surface area contributed by atoms with Gasteiger partial charge in [-0.05, 0) is 30.3 Å². The summed E-state index contributed by atoms with van der Waals surface area (Å²) < 4.78 is 5.59. The van der Waals surface area contributed by atoms with Crippen molar-refractivity contribution in [3.05, 3.63) is 64.7 Å². The third-order valence-corrected chi connectivity index (χ3v) is 4.46. The van der Waals surface area contributed by atoms with Crippen LogP contribution in [0.4, 0.5) is 0 Å². The average molecular weight is 337 g/mol. The zero-order valence-electron chi connectivity index (χ0n) is 13.7. The van der Waals surface area contributed by atoms with E-state index >= 15 is 0 Å². The van der Waals surface area contributed by atoms with Crippen molar-refractivity contribution in [3.63, 3.8) is 0 Å². The van der Waals surface area contributed by atoms with Crippen LogP contribution in [0.15, 0.2) is 42.5 Å². The smallest absolute Gasteiger partial charge is 0.363 e. The fraction of sp³-hybridized carbons (Fsp3) is 0.211. The highest BCUT2D eigenvalue weighted by molar-refractivity contribution is 6.21. The van der Waals surface area contributed by atoms with Gasteiger partial charge in [0, 0.05) is 11.0 Å². The summed E-state index contributed by atoms with van der Waals surface area (Å²) in [6.45, 7) is 4.55. The molecule has 2 aliphatic heterocycles. The third kappa shape index (κ3) is 2.29. The van der Waals surface area contributed by atoms with Gasteiger partial charge in [-0.1, -0.05) is 31.0 Å². The highest BCUT2D eigenvalue weighted by Crippen LogP contribution is 2.38. The van der Waals surface area contributed by atoms with Crippen molar-refractivity contribution in [1.82, 2.24) is 5.06 Å². The van der Waals surface area contributed by atoms with E-state index in [1.807, 2.05) is 13.8 Å². The van der Waals surface area contributed by atoms with Gasteiger partial charge in [-0.3, -0.25) is 9.59 Å². The monoisotopic (exact) mass is 337 g/mol. The topological polar surface area (TPSA) is 72.9 Å². The highest BCUT2D eigenvalue weighted by Gasteiger charge is 2.39. The number of nitrogens with zero attached hydrogens (tertiary/aromatic N) is 1. The van der Waals surface area contributed by atoms with E-state index in [-0.39, 0.29) is 22.1 Å². The molecule has 0 atom stereocenters. The Morgan fingerprint density at radius 2 is 1.72 bits per heavy atom. The number of rotatable bonds is 2. The predicted molar refractivity (Wildman–Crippen MR) is 87.3 cm³/mol. The minimum Gasteiger partial charge on any atom is -0.492 e. The Hall–Kier alpha value is -3.15. The van der Waals surface area contributed by atoms with Crippen molar-refractivity contribution in [1.29, 1.82) is 0 Å². The van der Waals surface area contributed by atoms with Gasteiger partial charge >= 0.3 is 5.97 Å². The maximum Gasteiger partial charge on any atom is 0.363 e. The van der Waals surface area contributed by atoms with Crippen molar-refractivity contribution < 1.29 is 24.0 Å². The second-order valence-corrected chi connectivity index (χ2v) is 6.71. The molecule has 0 N–H and O–H groups in total. The summed E-state index contributed by atoms with van der Waals surface area (Å²) in [5.41, 5.74) is 1.38. The van der Waals surface area contributed by atoms with E-state index in [9.17, 15) is 14.4 Å². The van der Waals surface area contributed by atoms with Gasteiger partial charge in [0.15, 0.2) is 0 Å². The summed E-state index contributed by atoms with van der Waals surface area (Å²) in [6.07, 6.45) is 0. The second-order valence-electron chi connectivity index (χ2n) is 6.71. The van der Waals surface area contributed by atoms with Gasteiger partial charge in [-0.15, -0.1) is 0 Å². The molecule has 2 aromatic carbocycles. The minimum absolute atomic E-state index is 0.221. The molecular formula is C19H15NO5. The van der Waals surface area contributed by atoms with Crippen molar-refractivity contribution in [2.45, 2.75) is 19.3 Å². The van der Waals surface area contributed by atoms with Crippen LogP contribution in [0, 0.1) is 0 Å². The van der Waals surface area contributed by atoms with Gasteiger partial charge in [0.05, 0.1) is 23.3 Å². The van der Waals surface area contributed by atoms with Gasteiger partial charge < -0.3 is 9.57 Å². The van der Waals surface area contributed by atoms with Crippen molar-refractivity contribution in [2.24, 2.45) is 0 Å². The summed E-state index contributed by atoms with van der Waals surface area (Å²) in [7, 11) is 0. The molecule has 2 amide bonds. The van der Waals surface area contributed by atoms with Crippen molar-refractivity contribution in [3.8, 4) is 5.75 Å². The first kappa shape index (κ1) is 15.4. The molecule has 0 aromatic heterocycles. The number of fused-ring (bicyclic) bond motifs is 2. The van der Waals surface area contributed by atoms with Crippen LogP contribution in [-0.2, 0) is 10.3 Å². The Labute approximate surface area is 143 Å². The predicted octanol–water partition coefficient (Wildman–Crippen LogP) is 2.72. The number of ether oxygens (including phenoxy) is 1. The van der Waals surface area contributed by atoms with E-state index in [1.54, 1.807) is 30.3 Å². The van der Waals surface area contributed by atoms with Crippen LogP contribution in [0.2, 0.25) is 0 Å². The van der Waals surface area contributed by atoms with E-state index in [1.165, 1.54) is 12.1 Å². The molecule has 2 aliphatic rings. The minimum atomic E-state index is -0.764. The van der Waals surface area contributed by atoms with Gasteiger partial charge in [0.2, 0.25) is 0 Å². The number of hydroxylamine groups is 2. The Morgan fingerprint density at radius 3 is 2.36 bits per heavy atom. The first-order valence-electron chi connectivity index (χ1n) is 7.86. The van der Waals surface area contributed by atoms with E-state index in [2.05, 4.69) is 0 Å². The molecule has 25 heavy (non-hydrogen) atoms. The van der Waals surface area contributed by atoms with Crippen LogP contribution in [0.25, 0.3) is 0 Å². The SMILES string of the molecule is CC1(C)COc2ccc(C(=O)ON3C(=O)c4ccccc4C3=O)cc21. The fourth-order valence-corrected chi connectivity index (χ4v) is 3.03. The summed E-state index contributed by atoms with van der Waals surface area (Å²) in [4.78, 5) is 42.1. The first-order chi connectivity index (χ1) is 11.9. The summed E-state index contributed by atoms with van der Waals surface area (Å²) in [6, 6.07) is 11.3. The Morgan fingerprint density at radius 1 is 1.08 bits per heavy atom. The standard InChI is InChI=1S/C19H15NO5/c1-19(2)10-24-15-8-7-11(9-14(15)19)18(23)25-20-16(21)12-5-3-4-6-13(12)17(20)22/h3-9H,10H2,1-2H3. The molecule has 0 fully saturated rings. The molecular weight excluding hydrogens is 322 g/mol. The summed E-state index contributed by atoms with van der Waals surface area (Å²) in [5.74, 6) is -1.32. The summed E-state index contributed by atoms with van der Waals surface area (Å²) >= 11 is 0. The molecule has 0 spiro atoms. The largest absolute Gasteiger partial charge is 0.492 e. The van der Waals surface area contributed by atoms with Crippen LogP contribution in [0.1, 0.15) is 50.5 Å². The fourth-order valence-electron chi connectivity index (χ4n) is 3.03. The van der Waals surface area contributed by atoms with Crippen LogP contribution in [0.5, 0.6) is 5.75 Å². The molecule has 6 nitrogen and oxygen atoms in total. The number of amides is 2. The number of hydrogen-bond acceptors (Lipinski definition) is 5. The quantitative estimate of drug-likeness (QED) is 0.788. The normalized spacial score (nSPS) is 17.1. The molecule has 126 valence electrons. The van der Waals surface area contributed by atoms with Gasteiger partial charge in [-0.2, -0.15) is 0 Å². The first-order valence-corrected chi connectivity index (χ1v) is 7.86. The number of imide groups is 1. The lowest BCUT2D eigenvalue weighted by molar-refractivity contribution is -0.0584. The second kappa shape index (κ2) is 5.17. The molecule has 0 saturated heterocycles. The number of carbonyl (C=O) groups excluding carboxylic acids is 3. The Bertz CT molecular complexity index is 896. The molecule has 0 unspecified atom stereocenters. The van der Waals surface area contributed by atoms with Crippen LogP contribution in [0.3, 0.4) is 0 Å². The van der Waals surface area contributed by atoms with Gasteiger partial charge in [0.1, 0.15) is 5.75 Å². The molecule has 0 saturated carbocycles. The van der Waals surface area contributed by atoms with Crippen molar-refractivity contribution in [2.75, 3.05) is 6.61 Å². The van der Waals surface area contributed by atoms with Crippen molar-refractivity contribution >= 4 is 17.8 Å². The lowest BCUT2D eigenvalue weighted by Crippen LogP contribution is -2.32. The number of carbonyl (C=O) groups is 3. The zero-order chi connectivity index (χ0) is 17.8. The molecule has 4 rings (SSSR count). The highest BCUT2D eigenvalue weighted by atomic mass is 16.7. The molecule has 2 heterocycles. The third-order valence-electron chi connectivity index (χ3n) is 4.46. The lowest BCUT2D eigenvalue weighted by atomic mass is 9.86. The zero-order valence-corrected chi connectivity index (χ0v) is 13.7. The van der Waals surface area contributed by atoms with Gasteiger partial charge in [-0.25, -0.2) is 4.79 Å². The van der Waals surface area contributed by atoms with Crippen LogP contribution in [-0.4, -0.2) is 29.5 Å². The van der Waals surface area contributed by atoms with E-state index in [4.69, 9.17) is 9.57 Å². The maximum atomic E-state index is 12.4. The molecule has 0 aliphatic carbocycles. The van der Waals surface area contributed by atoms with E-state index in [0.29, 0.717) is 11.7 Å². The van der Waals surface area contributed by atoms with E-state index in [0.717, 1.165) is 11.3 Å². The molecule has 6 heteroatoms. The molecule has 2 aromatic rings. The Kier molecular flexibility index (Phi) is 3.18. The average Bonchev–Trinajstić information content (AvgIpc) is 3.04. The number of hydrogen-bond donors (Lipinski definition) is 0. The number of benzene rings is 2. The van der Waals surface area contributed by atoms with Crippen LogP contribution >= 0.6 is 0 Å². The summed E-state index contributed by atoms with van der Waals surface area (Å²) in [5, 5.41) is 0.516. The Balaban J connectivity index is 1.60. The molecule has 0 radical (unpaired) electrons. The maximum absolute atomic E-state index is 12.4. The van der Waals surface area contributed by atoms with Crippen LogP contribution < -0.4 is 4.74 Å². The lowest BCUT2D eigenvalue weighted by Gasteiger charge is -2.16.